The molecule has 2 aliphatic heterocycles. The Hall–Kier alpha value is -3.34. The van der Waals surface area contributed by atoms with Crippen molar-refractivity contribution in [3.05, 3.63) is 53.3 Å². The number of rotatable bonds is 3. The molecule has 8 nitrogen and oxygen atoms in total. The molecular weight excluding hydrogens is 477 g/mol. The molecule has 0 unspecified atom stereocenters. The van der Waals surface area contributed by atoms with Crippen LogP contribution >= 0.6 is 0 Å². The lowest BCUT2D eigenvalue weighted by atomic mass is 10.1. The molecule has 0 aliphatic carbocycles. The predicted octanol–water partition coefficient (Wildman–Crippen LogP) is 4.36. The van der Waals surface area contributed by atoms with Crippen LogP contribution in [0.5, 0.6) is 0 Å². The van der Waals surface area contributed by atoms with E-state index in [-0.39, 0.29) is 5.69 Å². The number of carboxylic acids is 2. The molecule has 1 aromatic carbocycles. The van der Waals surface area contributed by atoms with Gasteiger partial charge in [-0.1, -0.05) is 6.07 Å². The summed E-state index contributed by atoms with van der Waals surface area (Å²) in [6.07, 6.45) is -1.04. The first-order chi connectivity index (χ1) is 16.8. The van der Waals surface area contributed by atoms with Crippen LogP contribution in [-0.4, -0.2) is 69.9 Å². The summed E-state index contributed by atoms with van der Waals surface area (Å²) in [4.78, 5) is 28.2. The summed E-state index contributed by atoms with van der Waals surface area (Å²) in [5, 5.41) is 15.6. The molecule has 4 rings (SSSR count). The number of carboxylic acid groups (broad SMARTS) is 2. The predicted molar refractivity (Wildman–Crippen MR) is 131 cm³/mol. The van der Waals surface area contributed by atoms with E-state index in [0.29, 0.717) is 0 Å². The monoisotopic (exact) mass is 510 g/mol. The van der Waals surface area contributed by atoms with Crippen LogP contribution in [0, 0.1) is 13.8 Å². The van der Waals surface area contributed by atoms with E-state index in [9.17, 15) is 18.0 Å². The summed E-state index contributed by atoms with van der Waals surface area (Å²) >= 11 is 0. The third-order valence-corrected chi connectivity index (χ3v) is 6.21. The lowest BCUT2D eigenvalue weighted by Crippen LogP contribution is -2.39. The number of anilines is 2. The number of carbonyl (C=O) groups is 2. The third kappa shape index (κ3) is 8.40. The quantitative estimate of drug-likeness (QED) is 0.521. The molecule has 0 radical (unpaired) electrons. The SMILES string of the molecule is Cc1cc(N2CC[C@H](N3CCC[C@@H]3C)C2)ccc1N.Cc1cccc(C(=O)O)n1.O=C(O)C(F)(F)F. The molecule has 4 N–H and O–H groups in total. The number of benzene rings is 1. The number of pyridine rings is 1. The average Bonchev–Trinajstić information content (AvgIpc) is 3.45. The molecule has 36 heavy (non-hydrogen) atoms. The Bertz CT molecular complexity index is 1050. The van der Waals surface area contributed by atoms with Gasteiger partial charge >= 0.3 is 18.1 Å². The maximum Gasteiger partial charge on any atom is 0.490 e. The van der Waals surface area contributed by atoms with Gasteiger partial charge < -0.3 is 20.8 Å². The smallest absolute Gasteiger partial charge is 0.477 e. The fourth-order valence-electron chi connectivity index (χ4n) is 4.26. The molecule has 2 aliphatic rings. The summed E-state index contributed by atoms with van der Waals surface area (Å²) in [7, 11) is 0. The third-order valence-electron chi connectivity index (χ3n) is 6.21. The standard InChI is InChI=1S/C16H25N3.C7H7NO2.C2HF3O2/c1-12-10-14(5-6-16(12)17)18-9-7-15(11-18)19-8-3-4-13(19)2;1-5-3-2-4-6(8-5)7(9)10;3-2(4,5)1(6)7/h5-6,10,13,15H,3-4,7-9,11,17H2,1-2H3;2-4H,1H3,(H,9,10);(H,6,7)/t13-,15-;;/m0../s1. The summed E-state index contributed by atoms with van der Waals surface area (Å²) in [5.41, 5.74) is 10.1. The number of nitrogens with two attached hydrogens (primary N) is 1. The van der Waals surface area contributed by atoms with Crippen molar-refractivity contribution in [3.63, 3.8) is 0 Å². The number of halogens is 3. The zero-order valence-corrected chi connectivity index (χ0v) is 20.6. The molecular formula is C25H33F3N4O4. The Labute approximate surface area is 208 Å². The van der Waals surface area contributed by atoms with Gasteiger partial charge in [0, 0.05) is 42.2 Å². The summed E-state index contributed by atoms with van der Waals surface area (Å²) in [6.45, 7) is 9.87. The molecule has 0 spiro atoms. The van der Waals surface area contributed by atoms with Crippen molar-refractivity contribution in [3.8, 4) is 0 Å². The molecule has 2 saturated heterocycles. The molecule has 0 saturated carbocycles. The van der Waals surface area contributed by atoms with Crippen molar-refractivity contribution < 1.29 is 33.0 Å². The van der Waals surface area contributed by atoms with Crippen LogP contribution in [0.1, 0.15) is 47.9 Å². The number of nitrogens with zero attached hydrogens (tertiary/aromatic N) is 3. The van der Waals surface area contributed by atoms with E-state index in [4.69, 9.17) is 20.7 Å². The highest BCUT2D eigenvalue weighted by Crippen LogP contribution is 2.29. The highest BCUT2D eigenvalue weighted by molar-refractivity contribution is 5.85. The topological polar surface area (TPSA) is 120 Å². The molecule has 11 heteroatoms. The van der Waals surface area contributed by atoms with E-state index in [1.165, 1.54) is 56.2 Å². The van der Waals surface area contributed by atoms with Crippen LogP contribution < -0.4 is 10.6 Å². The lowest BCUT2D eigenvalue weighted by Gasteiger charge is -2.28. The number of aryl methyl sites for hydroxylation is 2. The fourth-order valence-corrected chi connectivity index (χ4v) is 4.26. The van der Waals surface area contributed by atoms with Gasteiger partial charge in [-0.25, -0.2) is 14.6 Å². The first-order valence-corrected chi connectivity index (χ1v) is 11.6. The molecule has 3 heterocycles. The second kappa shape index (κ2) is 12.6. The first kappa shape index (κ1) is 28.9. The molecule has 2 fully saturated rings. The number of aromatic carboxylic acids is 1. The van der Waals surface area contributed by atoms with Gasteiger partial charge in [-0.3, -0.25) is 4.90 Å². The number of alkyl halides is 3. The van der Waals surface area contributed by atoms with E-state index in [0.717, 1.165) is 23.5 Å². The minimum Gasteiger partial charge on any atom is -0.477 e. The molecule has 1 aromatic heterocycles. The zero-order valence-electron chi connectivity index (χ0n) is 20.6. The van der Waals surface area contributed by atoms with Gasteiger partial charge in [0.2, 0.25) is 0 Å². The van der Waals surface area contributed by atoms with Crippen LogP contribution in [0.25, 0.3) is 0 Å². The normalized spacial score (nSPS) is 19.7. The lowest BCUT2D eigenvalue weighted by molar-refractivity contribution is -0.192. The van der Waals surface area contributed by atoms with Crippen molar-refractivity contribution in [1.29, 1.82) is 0 Å². The van der Waals surface area contributed by atoms with Crippen LogP contribution in [-0.2, 0) is 4.79 Å². The average molecular weight is 511 g/mol. The van der Waals surface area contributed by atoms with E-state index >= 15 is 0 Å². The summed E-state index contributed by atoms with van der Waals surface area (Å²) in [5.74, 6) is -3.74. The number of likely N-dealkylation sites (tertiary alicyclic amines) is 1. The number of nitrogen functional groups attached to an aromatic ring is 1. The molecule has 0 bridgehead atoms. The number of hydrogen-bond donors (Lipinski definition) is 3. The Morgan fingerprint density at radius 3 is 2.22 bits per heavy atom. The zero-order chi connectivity index (χ0) is 27.0. The number of aliphatic carboxylic acids is 1. The van der Waals surface area contributed by atoms with E-state index < -0.39 is 18.1 Å². The Balaban J connectivity index is 0.000000225. The molecule has 0 amide bonds. The van der Waals surface area contributed by atoms with Gasteiger partial charge in [0.1, 0.15) is 5.69 Å². The maximum absolute atomic E-state index is 10.6. The van der Waals surface area contributed by atoms with Crippen LogP contribution in [0.4, 0.5) is 24.5 Å². The van der Waals surface area contributed by atoms with Gasteiger partial charge in [-0.15, -0.1) is 0 Å². The number of aromatic nitrogens is 1. The second-order valence-corrected chi connectivity index (χ2v) is 8.93. The van der Waals surface area contributed by atoms with Crippen LogP contribution in [0.3, 0.4) is 0 Å². The second-order valence-electron chi connectivity index (χ2n) is 8.93. The van der Waals surface area contributed by atoms with Gasteiger partial charge in [-0.2, -0.15) is 13.2 Å². The maximum atomic E-state index is 10.6. The summed E-state index contributed by atoms with van der Waals surface area (Å²) in [6, 6.07) is 12.8. The highest BCUT2D eigenvalue weighted by atomic mass is 19.4. The molecule has 2 aromatic rings. The van der Waals surface area contributed by atoms with E-state index in [1.807, 2.05) is 6.07 Å². The minimum atomic E-state index is -5.08. The van der Waals surface area contributed by atoms with E-state index in [2.05, 4.69) is 40.8 Å². The van der Waals surface area contributed by atoms with Crippen molar-refractivity contribution >= 4 is 23.3 Å². The van der Waals surface area contributed by atoms with Gasteiger partial charge in [0.25, 0.3) is 0 Å². The van der Waals surface area contributed by atoms with Gasteiger partial charge in [-0.05, 0) is 82.5 Å². The van der Waals surface area contributed by atoms with Crippen LogP contribution in [0.15, 0.2) is 36.4 Å². The Kier molecular flexibility index (Phi) is 10.1. The van der Waals surface area contributed by atoms with Crippen molar-refractivity contribution in [2.45, 2.75) is 58.3 Å². The molecule has 2 atom stereocenters. The van der Waals surface area contributed by atoms with Gasteiger partial charge in [0.15, 0.2) is 0 Å². The minimum absolute atomic E-state index is 0.0972. The summed E-state index contributed by atoms with van der Waals surface area (Å²) < 4.78 is 31.7. The first-order valence-electron chi connectivity index (χ1n) is 11.6. The van der Waals surface area contributed by atoms with Crippen molar-refractivity contribution in [2.75, 3.05) is 30.3 Å². The van der Waals surface area contributed by atoms with Crippen LogP contribution in [0.2, 0.25) is 0 Å². The highest BCUT2D eigenvalue weighted by Gasteiger charge is 2.38. The fraction of sp³-hybridized carbons (Fsp3) is 0.480. The van der Waals surface area contributed by atoms with Gasteiger partial charge in [0.05, 0.1) is 0 Å². The largest absolute Gasteiger partial charge is 0.490 e. The number of hydrogen-bond acceptors (Lipinski definition) is 6. The Morgan fingerprint density at radius 2 is 1.75 bits per heavy atom. The van der Waals surface area contributed by atoms with Crippen molar-refractivity contribution in [2.24, 2.45) is 0 Å². The van der Waals surface area contributed by atoms with Crippen molar-refractivity contribution in [1.82, 2.24) is 9.88 Å². The molecule has 198 valence electrons. The Morgan fingerprint density at radius 1 is 1.08 bits per heavy atom. The van der Waals surface area contributed by atoms with E-state index in [1.54, 1.807) is 19.1 Å².